The maximum absolute atomic E-state index is 13.7. The number of benzene rings is 3. The fraction of sp³-hybridized carbons (Fsp3) is 0.115. The van der Waals surface area contributed by atoms with E-state index in [1.807, 2.05) is 18.2 Å². The number of halogens is 1. The number of nitro benzene ring substituents is 1. The quantitative estimate of drug-likeness (QED) is 0.258. The van der Waals surface area contributed by atoms with Crippen molar-refractivity contribution in [2.75, 3.05) is 17.7 Å². The molecule has 4 aromatic rings. The number of non-ortho nitro benzene ring substituents is 1. The smallest absolute Gasteiger partial charge is 0.269 e. The molecular weight excluding hydrogens is 496 g/mol. The second-order valence-corrected chi connectivity index (χ2v) is 8.72. The molecule has 1 atom stereocenters. The molecule has 186 valence electrons. The number of rotatable bonds is 6. The number of hydrogen-bond acceptors (Lipinski definition) is 7. The summed E-state index contributed by atoms with van der Waals surface area (Å²) in [6, 6.07) is 19.7. The molecule has 1 amide bonds. The van der Waals surface area contributed by atoms with E-state index in [0.717, 1.165) is 5.56 Å². The molecular formula is C26H21ClN6O4. The molecule has 1 aromatic heterocycles. The molecule has 2 heterocycles. The van der Waals surface area contributed by atoms with Gasteiger partial charge >= 0.3 is 0 Å². The summed E-state index contributed by atoms with van der Waals surface area (Å²) in [6.45, 7) is 1.80. The van der Waals surface area contributed by atoms with E-state index in [9.17, 15) is 14.9 Å². The lowest BCUT2D eigenvalue weighted by Crippen LogP contribution is -2.31. The number of carbonyl (C=O) groups is 1. The number of para-hydroxylation sites is 2. The van der Waals surface area contributed by atoms with E-state index in [4.69, 9.17) is 16.3 Å². The largest absolute Gasteiger partial charge is 0.495 e. The second kappa shape index (κ2) is 9.75. The number of fused-ring (bicyclic) bond motifs is 1. The van der Waals surface area contributed by atoms with Crippen LogP contribution in [0.2, 0.25) is 5.02 Å². The predicted octanol–water partition coefficient (Wildman–Crippen LogP) is 5.44. The van der Waals surface area contributed by atoms with Gasteiger partial charge in [-0.15, -0.1) is 5.10 Å². The van der Waals surface area contributed by atoms with Crippen LogP contribution in [0, 0.1) is 10.1 Å². The SMILES string of the molecule is COc1ccccc1NC(=O)C1=C(C)Nc2nc(-c3ccc([N+](=O)[O-])cc3)nn2C1c1ccc(Cl)cc1. The minimum Gasteiger partial charge on any atom is -0.495 e. The number of amides is 1. The highest BCUT2D eigenvalue weighted by Crippen LogP contribution is 2.38. The van der Waals surface area contributed by atoms with Gasteiger partial charge in [-0.1, -0.05) is 35.9 Å². The van der Waals surface area contributed by atoms with Gasteiger partial charge in [-0.3, -0.25) is 14.9 Å². The van der Waals surface area contributed by atoms with Crippen LogP contribution in [0.1, 0.15) is 18.5 Å². The number of nitrogens with zero attached hydrogens (tertiary/aromatic N) is 4. The number of aromatic nitrogens is 3. The average molecular weight is 517 g/mol. The van der Waals surface area contributed by atoms with Gasteiger partial charge in [-0.25, -0.2) is 4.68 Å². The van der Waals surface area contributed by atoms with Gasteiger partial charge in [0, 0.05) is 28.4 Å². The van der Waals surface area contributed by atoms with Gasteiger partial charge in [0.25, 0.3) is 11.6 Å². The minimum atomic E-state index is -0.623. The number of nitro groups is 1. The number of anilines is 2. The van der Waals surface area contributed by atoms with Gasteiger partial charge in [-0.2, -0.15) is 4.98 Å². The Balaban J connectivity index is 1.58. The Hall–Kier alpha value is -4.70. The molecule has 0 aliphatic carbocycles. The standard InChI is InChI=1S/C26H21ClN6O4/c1-15-22(25(34)29-20-5-3-4-6-21(20)37-2)23(16-7-11-18(27)12-8-16)32-26(28-15)30-24(31-32)17-9-13-19(14-10-17)33(35)36/h3-14,23H,1-2H3,(H,29,34)(H,28,30,31). The lowest BCUT2D eigenvalue weighted by molar-refractivity contribution is -0.384. The number of allylic oxidation sites excluding steroid dienone is 1. The highest BCUT2D eigenvalue weighted by molar-refractivity contribution is 6.30. The topological polar surface area (TPSA) is 124 Å². The van der Waals surface area contributed by atoms with Crippen molar-refractivity contribution in [2.24, 2.45) is 0 Å². The zero-order valence-corrected chi connectivity index (χ0v) is 20.6. The monoisotopic (exact) mass is 516 g/mol. The van der Waals surface area contributed by atoms with E-state index >= 15 is 0 Å². The lowest BCUT2D eigenvalue weighted by atomic mass is 9.95. The average Bonchev–Trinajstić information content (AvgIpc) is 3.32. The highest BCUT2D eigenvalue weighted by atomic mass is 35.5. The highest BCUT2D eigenvalue weighted by Gasteiger charge is 2.34. The maximum Gasteiger partial charge on any atom is 0.269 e. The molecule has 1 aliphatic heterocycles. The van der Waals surface area contributed by atoms with Crippen molar-refractivity contribution in [2.45, 2.75) is 13.0 Å². The van der Waals surface area contributed by atoms with Crippen molar-refractivity contribution in [1.82, 2.24) is 14.8 Å². The second-order valence-electron chi connectivity index (χ2n) is 8.28. The number of hydrogen-bond donors (Lipinski definition) is 2. The number of methoxy groups -OCH3 is 1. The van der Waals surface area contributed by atoms with Crippen molar-refractivity contribution in [3.8, 4) is 17.1 Å². The zero-order valence-electron chi connectivity index (χ0n) is 19.8. The van der Waals surface area contributed by atoms with E-state index in [1.54, 1.807) is 54.1 Å². The number of ether oxygens (including phenoxy) is 1. The third-order valence-electron chi connectivity index (χ3n) is 5.97. The van der Waals surface area contributed by atoms with Crippen LogP contribution < -0.4 is 15.4 Å². The van der Waals surface area contributed by atoms with Crippen molar-refractivity contribution < 1.29 is 14.5 Å². The molecule has 11 heteroatoms. The first-order valence-corrected chi connectivity index (χ1v) is 11.6. The van der Waals surface area contributed by atoms with Crippen molar-refractivity contribution >= 4 is 34.8 Å². The Labute approximate surface area is 216 Å². The molecule has 10 nitrogen and oxygen atoms in total. The molecule has 0 spiro atoms. The van der Waals surface area contributed by atoms with E-state index < -0.39 is 11.0 Å². The molecule has 0 fully saturated rings. The fourth-order valence-electron chi connectivity index (χ4n) is 4.19. The minimum absolute atomic E-state index is 0.0299. The number of nitrogens with one attached hydrogen (secondary N) is 2. The van der Waals surface area contributed by atoms with Gasteiger partial charge in [0.05, 0.1) is 23.3 Å². The lowest BCUT2D eigenvalue weighted by Gasteiger charge is -2.28. The summed E-state index contributed by atoms with van der Waals surface area (Å²) in [7, 11) is 1.54. The number of carbonyl (C=O) groups excluding carboxylic acids is 1. The van der Waals surface area contributed by atoms with Crippen LogP contribution in [0.4, 0.5) is 17.3 Å². The summed E-state index contributed by atoms with van der Waals surface area (Å²) >= 11 is 6.14. The molecule has 1 unspecified atom stereocenters. The van der Waals surface area contributed by atoms with Gasteiger partial charge in [-0.05, 0) is 48.9 Å². The van der Waals surface area contributed by atoms with Crippen molar-refractivity contribution in [3.05, 3.63) is 105 Å². The van der Waals surface area contributed by atoms with E-state index in [2.05, 4.69) is 20.7 Å². The van der Waals surface area contributed by atoms with Gasteiger partial charge in [0.1, 0.15) is 11.8 Å². The first kappa shape index (κ1) is 24.0. The Bertz CT molecular complexity index is 1530. The third-order valence-corrected chi connectivity index (χ3v) is 6.23. The van der Waals surface area contributed by atoms with E-state index in [1.165, 1.54) is 19.2 Å². The van der Waals surface area contributed by atoms with Gasteiger partial charge in [0.2, 0.25) is 5.95 Å². The summed E-state index contributed by atoms with van der Waals surface area (Å²) in [6.07, 6.45) is 0. The molecule has 0 saturated heterocycles. The van der Waals surface area contributed by atoms with Crippen LogP contribution in [0.3, 0.4) is 0 Å². The Morgan fingerprint density at radius 3 is 2.49 bits per heavy atom. The Kier molecular flexibility index (Phi) is 6.33. The van der Waals surface area contributed by atoms with E-state index in [-0.39, 0.29) is 11.6 Å². The summed E-state index contributed by atoms with van der Waals surface area (Å²) < 4.78 is 7.02. The van der Waals surface area contributed by atoms with Crippen LogP contribution >= 0.6 is 11.6 Å². The van der Waals surface area contributed by atoms with E-state index in [0.29, 0.717) is 45.1 Å². The molecule has 0 saturated carbocycles. The van der Waals surface area contributed by atoms with Crippen LogP contribution in [-0.4, -0.2) is 32.7 Å². The molecule has 1 aliphatic rings. The summed E-state index contributed by atoms with van der Waals surface area (Å²) in [5.74, 6) is 0.977. The first-order valence-electron chi connectivity index (χ1n) is 11.2. The normalized spacial score (nSPS) is 14.5. The van der Waals surface area contributed by atoms with Crippen molar-refractivity contribution in [1.29, 1.82) is 0 Å². The summed E-state index contributed by atoms with van der Waals surface area (Å²) in [5.41, 5.74) is 2.90. The molecule has 0 radical (unpaired) electrons. The predicted molar refractivity (Wildman–Crippen MR) is 140 cm³/mol. The van der Waals surface area contributed by atoms with Gasteiger partial charge in [0.15, 0.2) is 5.82 Å². The summed E-state index contributed by atoms with van der Waals surface area (Å²) in [5, 5.41) is 22.4. The third kappa shape index (κ3) is 4.62. The molecule has 2 N–H and O–H groups in total. The first-order chi connectivity index (χ1) is 17.9. The fourth-order valence-corrected chi connectivity index (χ4v) is 4.32. The molecule has 0 bridgehead atoms. The van der Waals surface area contributed by atoms with Crippen LogP contribution in [0.25, 0.3) is 11.4 Å². The van der Waals surface area contributed by atoms with Crippen LogP contribution in [-0.2, 0) is 4.79 Å². The van der Waals surface area contributed by atoms with Gasteiger partial charge < -0.3 is 15.4 Å². The Morgan fingerprint density at radius 2 is 1.81 bits per heavy atom. The van der Waals surface area contributed by atoms with Crippen LogP contribution in [0.5, 0.6) is 5.75 Å². The Morgan fingerprint density at radius 1 is 1.11 bits per heavy atom. The van der Waals surface area contributed by atoms with Crippen LogP contribution in [0.15, 0.2) is 84.1 Å². The molecule has 5 rings (SSSR count). The van der Waals surface area contributed by atoms with Crippen molar-refractivity contribution in [3.63, 3.8) is 0 Å². The zero-order chi connectivity index (χ0) is 26.1. The maximum atomic E-state index is 13.7. The molecule has 37 heavy (non-hydrogen) atoms. The summed E-state index contributed by atoms with van der Waals surface area (Å²) in [4.78, 5) is 28.8. The molecule has 3 aromatic carbocycles.